The zero-order valence-corrected chi connectivity index (χ0v) is 9.86. The molecule has 0 aliphatic carbocycles. The Morgan fingerprint density at radius 3 is 2.88 bits per heavy atom. The van der Waals surface area contributed by atoms with Crippen LogP contribution in [0.4, 0.5) is 0 Å². The molecule has 0 unspecified atom stereocenters. The molecule has 0 N–H and O–H groups in total. The minimum atomic E-state index is 0.139. The van der Waals surface area contributed by atoms with E-state index in [9.17, 15) is 4.79 Å². The molecule has 0 amide bonds. The standard InChI is InChI=1S/C13H18O3/c1-3-5-12(14)10-16-13-7-4-6-11(8-13)9-15-2/h4,6-8H,3,5,9-10H2,1-2H3. The molecule has 0 atom stereocenters. The average molecular weight is 222 g/mol. The van der Waals surface area contributed by atoms with Gasteiger partial charge in [0.15, 0.2) is 5.78 Å². The molecule has 0 heterocycles. The highest BCUT2D eigenvalue weighted by Gasteiger charge is 2.02. The van der Waals surface area contributed by atoms with Gasteiger partial charge in [-0.05, 0) is 24.1 Å². The van der Waals surface area contributed by atoms with Crippen molar-refractivity contribution in [2.75, 3.05) is 13.7 Å². The normalized spacial score (nSPS) is 10.1. The number of Topliss-reactive ketones (excluding diaryl/α,β-unsaturated/α-hetero) is 1. The molecule has 0 radical (unpaired) electrons. The molecule has 0 saturated heterocycles. The largest absolute Gasteiger partial charge is 0.486 e. The second-order valence-electron chi connectivity index (χ2n) is 3.66. The van der Waals surface area contributed by atoms with Gasteiger partial charge in [0, 0.05) is 13.5 Å². The van der Waals surface area contributed by atoms with Crippen molar-refractivity contribution in [3.63, 3.8) is 0 Å². The van der Waals surface area contributed by atoms with E-state index in [1.165, 1.54) is 0 Å². The van der Waals surface area contributed by atoms with Crippen LogP contribution in [0.25, 0.3) is 0 Å². The van der Waals surface area contributed by atoms with Crippen LogP contribution in [0.15, 0.2) is 24.3 Å². The van der Waals surface area contributed by atoms with Gasteiger partial charge in [-0.3, -0.25) is 4.79 Å². The van der Waals surface area contributed by atoms with Gasteiger partial charge in [0.25, 0.3) is 0 Å². The second kappa shape index (κ2) is 7.01. The Kier molecular flexibility index (Phi) is 5.57. The van der Waals surface area contributed by atoms with Crippen molar-refractivity contribution in [2.24, 2.45) is 0 Å². The zero-order chi connectivity index (χ0) is 11.8. The summed E-state index contributed by atoms with van der Waals surface area (Å²) < 4.78 is 10.4. The van der Waals surface area contributed by atoms with Crippen molar-refractivity contribution in [3.05, 3.63) is 29.8 Å². The van der Waals surface area contributed by atoms with Gasteiger partial charge in [0.1, 0.15) is 12.4 Å². The highest BCUT2D eigenvalue weighted by molar-refractivity contribution is 5.79. The van der Waals surface area contributed by atoms with Crippen LogP contribution in [0.5, 0.6) is 5.75 Å². The molecule has 1 rings (SSSR count). The summed E-state index contributed by atoms with van der Waals surface area (Å²) in [6.07, 6.45) is 1.45. The van der Waals surface area contributed by atoms with Crippen LogP contribution in [0, 0.1) is 0 Å². The van der Waals surface area contributed by atoms with Crippen molar-refractivity contribution in [1.82, 2.24) is 0 Å². The predicted octanol–water partition coefficient (Wildman–Crippen LogP) is 2.58. The van der Waals surface area contributed by atoms with Crippen molar-refractivity contribution in [3.8, 4) is 5.75 Å². The SMILES string of the molecule is CCCC(=O)COc1cccc(COC)c1. The van der Waals surface area contributed by atoms with Crippen LogP contribution in [0.2, 0.25) is 0 Å². The van der Waals surface area contributed by atoms with Crippen molar-refractivity contribution in [1.29, 1.82) is 0 Å². The summed E-state index contributed by atoms with van der Waals surface area (Å²) in [4.78, 5) is 11.3. The number of benzene rings is 1. The molecular weight excluding hydrogens is 204 g/mol. The smallest absolute Gasteiger partial charge is 0.170 e. The van der Waals surface area contributed by atoms with E-state index in [0.717, 1.165) is 17.7 Å². The number of ketones is 1. The Labute approximate surface area is 96.4 Å². The fourth-order valence-electron chi connectivity index (χ4n) is 1.41. The lowest BCUT2D eigenvalue weighted by molar-refractivity contribution is -0.121. The predicted molar refractivity (Wildman–Crippen MR) is 62.6 cm³/mol. The topological polar surface area (TPSA) is 35.5 Å². The molecular formula is C13H18O3. The maximum Gasteiger partial charge on any atom is 0.170 e. The van der Waals surface area contributed by atoms with Gasteiger partial charge in [-0.1, -0.05) is 19.1 Å². The maximum absolute atomic E-state index is 11.3. The first-order valence-corrected chi connectivity index (χ1v) is 5.48. The van der Waals surface area contributed by atoms with E-state index in [-0.39, 0.29) is 12.4 Å². The van der Waals surface area contributed by atoms with E-state index in [4.69, 9.17) is 9.47 Å². The monoisotopic (exact) mass is 222 g/mol. The van der Waals surface area contributed by atoms with Crippen molar-refractivity contribution in [2.45, 2.75) is 26.4 Å². The molecule has 0 spiro atoms. The Bertz CT molecular complexity index is 334. The summed E-state index contributed by atoms with van der Waals surface area (Å²) >= 11 is 0. The molecule has 3 heteroatoms. The molecule has 0 aliphatic rings. The van der Waals surface area contributed by atoms with E-state index < -0.39 is 0 Å². The number of carbonyl (C=O) groups excluding carboxylic acids is 1. The lowest BCUT2D eigenvalue weighted by Crippen LogP contribution is -2.10. The van der Waals surface area contributed by atoms with E-state index in [0.29, 0.717) is 13.0 Å². The first kappa shape index (κ1) is 12.7. The molecule has 1 aromatic carbocycles. The highest BCUT2D eigenvalue weighted by atomic mass is 16.5. The molecule has 0 fully saturated rings. The van der Waals surface area contributed by atoms with E-state index in [2.05, 4.69) is 0 Å². The third-order valence-corrected chi connectivity index (χ3v) is 2.14. The van der Waals surface area contributed by atoms with Gasteiger partial charge in [-0.25, -0.2) is 0 Å². The van der Waals surface area contributed by atoms with Gasteiger partial charge < -0.3 is 9.47 Å². The number of hydrogen-bond donors (Lipinski definition) is 0. The van der Waals surface area contributed by atoms with Crippen LogP contribution in [0.1, 0.15) is 25.3 Å². The van der Waals surface area contributed by atoms with Crippen LogP contribution in [-0.2, 0) is 16.1 Å². The van der Waals surface area contributed by atoms with Gasteiger partial charge in [-0.15, -0.1) is 0 Å². The van der Waals surface area contributed by atoms with Crippen LogP contribution in [0.3, 0.4) is 0 Å². The Morgan fingerprint density at radius 1 is 1.38 bits per heavy atom. The number of rotatable bonds is 7. The summed E-state index contributed by atoms with van der Waals surface area (Å²) in [6.45, 7) is 2.70. The number of ether oxygens (including phenoxy) is 2. The van der Waals surface area contributed by atoms with Gasteiger partial charge in [0.05, 0.1) is 6.61 Å². The highest BCUT2D eigenvalue weighted by Crippen LogP contribution is 2.14. The third kappa shape index (κ3) is 4.45. The summed E-state index contributed by atoms with van der Waals surface area (Å²) in [7, 11) is 1.65. The van der Waals surface area contributed by atoms with Crippen LogP contribution in [-0.4, -0.2) is 19.5 Å². The number of carbonyl (C=O) groups is 1. The van der Waals surface area contributed by atoms with E-state index in [1.54, 1.807) is 7.11 Å². The number of hydrogen-bond acceptors (Lipinski definition) is 3. The fraction of sp³-hybridized carbons (Fsp3) is 0.462. The van der Waals surface area contributed by atoms with Crippen LogP contribution >= 0.6 is 0 Å². The average Bonchev–Trinajstić information content (AvgIpc) is 2.28. The van der Waals surface area contributed by atoms with Crippen LogP contribution < -0.4 is 4.74 Å². The molecule has 3 nitrogen and oxygen atoms in total. The fourth-order valence-corrected chi connectivity index (χ4v) is 1.41. The molecule has 0 bridgehead atoms. The van der Waals surface area contributed by atoms with Gasteiger partial charge in [0.2, 0.25) is 0 Å². The molecule has 16 heavy (non-hydrogen) atoms. The quantitative estimate of drug-likeness (QED) is 0.711. The summed E-state index contributed by atoms with van der Waals surface area (Å²) in [6, 6.07) is 7.60. The van der Waals surface area contributed by atoms with Crippen molar-refractivity contribution >= 4 is 5.78 Å². The maximum atomic E-state index is 11.3. The summed E-state index contributed by atoms with van der Waals surface area (Å²) in [5.74, 6) is 0.860. The second-order valence-corrected chi connectivity index (χ2v) is 3.66. The Balaban J connectivity index is 2.47. The lowest BCUT2D eigenvalue weighted by atomic mass is 10.2. The molecule has 1 aromatic rings. The zero-order valence-electron chi connectivity index (χ0n) is 9.86. The molecule has 0 saturated carbocycles. The Morgan fingerprint density at radius 2 is 2.19 bits per heavy atom. The minimum absolute atomic E-state index is 0.139. The summed E-state index contributed by atoms with van der Waals surface area (Å²) in [5.41, 5.74) is 1.04. The van der Waals surface area contributed by atoms with Gasteiger partial charge >= 0.3 is 0 Å². The third-order valence-electron chi connectivity index (χ3n) is 2.14. The van der Waals surface area contributed by atoms with Gasteiger partial charge in [-0.2, -0.15) is 0 Å². The number of methoxy groups -OCH3 is 1. The minimum Gasteiger partial charge on any atom is -0.486 e. The first-order chi connectivity index (χ1) is 7.76. The summed E-state index contributed by atoms with van der Waals surface area (Å²) in [5, 5.41) is 0. The lowest BCUT2D eigenvalue weighted by Gasteiger charge is -2.06. The van der Waals surface area contributed by atoms with Crippen molar-refractivity contribution < 1.29 is 14.3 Å². The Hall–Kier alpha value is -1.35. The van der Waals surface area contributed by atoms with E-state index in [1.807, 2.05) is 31.2 Å². The molecule has 0 aliphatic heterocycles. The molecule has 0 aromatic heterocycles. The van der Waals surface area contributed by atoms with E-state index >= 15 is 0 Å². The molecule has 88 valence electrons. The first-order valence-electron chi connectivity index (χ1n) is 5.48.